The molecule has 1 amide bonds. The minimum absolute atomic E-state index is 0.0293. The number of aromatic nitrogens is 6. The van der Waals surface area contributed by atoms with Gasteiger partial charge in [-0.15, -0.1) is 0 Å². The fourth-order valence-corrected chi connectivity index (χ4v) is 5.29. The Balaban J connectivity index is 1.16. The summed E-state index contributed by atoms with van der Waals surface area (Å²) in [5, 5.41) is 12.1. The second-order valence-corrected chi connectivity index (χ2v) is 9.55. The Labute approximate surface area is 198 Å². The molecule has 3 aromatic heterocycles. The van der Waals surface area contributed by atoms with Crippen LogP contribution in [0.2, 0.25) is 0 Å². The van der Waals surface area contributed by atoms with E-state index in [9.17, 15) is 4.79 Å². The number of carbonyl (C=O) groups is 1. The number of nitrogens with one attached hydrogen (secondary N) is 1. The smallest absolute Gasteiger partial charge is 0.220 e. The van der Waals surface area contributed by atoms with E-state index in [0.717, 1.165) is 59.9 Å². The summed E-state index contributed by atoms with van der Waals surface area (Å²) < 4.78 is 3.87. The standard InChI is InChI=1S/C26H27N7O/c1-32-16-21(14-29-32)18-3-2-4-19(11-18)25-27-12-20(13-28-25)22-15-30-33(17-22)23-5-8-26(9-6-23)10-7-24(34)31-26/h2-4,11-17,23H,5-10H2,1H3,(H,31,34). The van der Waals surface area contributed by atoms with Crippen LogP contribution in [0.4, 0.5) is 0 Å². The minimum Gasteiger partial charge on any atom is -0.351 e. The summed E-state index contributed by atoms with van der Waals surface area (Å²) >= 11 is 0. The topological polar surface area (TPSA) is 90.5 Å². The highest BCUT2D eigenvalue weighted by Crippen LogP contribution is 2.40. The van der Waals surface area contributed by atoms with Crippen molar-refractivity contribution in [3.8, 4) is 33.6 Å². The molecule has 8 nitrogen and oxygen atoms in total. The van der Waals surface area contributed by atoms with Gasteiger partial charge in [0, 0.05) is 66.0 Å². The quantitative estimate of drug-likeness (QED) is 0.501. The molecule has 8 heteroatoms. The van der Waals surface area contributed by atoms with Gasteiger partial charge in [-0.2, -0.15) is 10.2 Å². The van der Waals surface area contributed by atoms with Crippen LogP contribution >= 0.6 is 0 Å². The van der Waals surface area contributed by atoms with Gasteiger partial charge in [0.2, 0.25) is 5.91 Å². The Morgan fingerprint density at radius 2 is 1.62 bits per heavy atom. The van der Waals surface area contributed by atoms with Crippen molar-refractivity contribution in [2.24, 2.45) is 7.05 Å². The van der Waals surface area contributed by atoms with Gasteiger partial charge in [0.05, 0.1) is 18.4 Å². The van der Waals surface area contributed by atoms with Gasteiger partial charge >= 0.3 is 0 Å². The second kappa shape index (κ2) is 8.20. The lowest BCUT2D eigenvalue weighted by atomic mass is 9.78. The van der Waals surface area contributed by atoms with Crippen molar-refractivity contribution in [3.63, 3.8) is 0 Å². The third-order valence-corrected chi connectivity index (χ3v) is 7.27. The van der Waals surface area contributed by atoms with Gasteiger partial charge in [0.15, 0.2) is 5.82 Å². The molecule has 1 aliphatic heterocycles. The summed E-state index contributed by atoms with van der Waals surface area (Å²) in [5.41, 5.74) is 5.13. The zero-order valence-corrected chi connectivity index (χ0v) is 19.2. The summed E-state index contributed by atoms with van der Waals surface area (Å²) in [6.07, 6.45) is 17.3. The van der Waals surface area contributed by atoms with Crippen molar-refractivity contribution in [2.75, 3.05) is 0 Å². The van der Waals surface area contributed by atoms with Gasteiger partial charge in [0.25, 0.3) is 0 Å². The molecule has 6 rings (SSSR count). The van der Waals surface area contributed by atoms with Crippen molar-refractivity contribution in [1.29, 1.82) is 0 Å². The number of carbonyl (C=O) groups excluding carboxylic acids is 1. The monoisotopic (exact) mass is 453 g/mol. The van der Waals surface area contributed by atoms with Crippen LogP contribution < -0.4 is 5.32 Å². The molecule has 0 radical (unpaired) electrons. The van der Waals surface area contributed by atoms with E-state index >= 15 is 0 Å². The number of nitrogens with zero attached hydrogens (tertiary/aromatic N) is 6. The Kier molecular flexibility index (Phi) is 5.01. The molecule has 1 aliphatic carbocycles. The molecule has 2 aliphatic rings. The lowest BCUT2D eigenvalue weighted by Gasteiger charge is -2.37. The van der Waals surface area contributed by atoms with Crippen LogP contribution in [-0.2, 0) is 11.8 Å². The normalized spacial score (nSPS) is 22.3. The molecule has 0 atom stereocenters. The Bertz CT molecular complexity index is 1330. The van der Waals surface area contributed by atoms with Gasteiger partial charge in [-0.3, -0.25) is 14.2 Å². The van der Waals surface area contributed by atoms with Crippen molar-refractivity contribution in [3.05, 3.63) is 61.4 Å². The first-order chi connectivity index (χ1) is 16.6. The molecule has 172 valence electrons. The Hall–Kier alpha value is -3.81. The molecular formula is C26H27N7O. The van der Waals surface area contributed by atoms with E-state index in [1.807, 2.05) is 50.2 Å². The first kappa shape index (κ1) is 20.8. The van der Waals surface area contributed by atoms with Gasteiger partial charge in [-0.1, -0.05) is 18.2 Å². The highest BCUT2D eigenvalue weighted by Gasteiger charge is 2.41. The summed E-state index contributed by atoms with van der Waals surface area (Å²) in [6, 6.07) is 8.57. The molecular weight excluding hydrogens is 426 g/mol. The predicted octanol–water partition coefficient (Wildman–Crippen LogP) is 4.17. The van der Waals surface area contributed by atoms with Crippen molar-refractivity contribution >= 4 is 5.91 Å². The molecule has 1 saturated carbocycles. The molecule has 34 heavy (non-hydrogen) atoms. The molecule has 1 saturated heterocycles. The van der Waals surface area contributed by atoms with Crippen LogP contribution in [0.3, 0.4) is 0 Å². The lowest BCUT2D eigenvalue weighted by Crippen LogP contribution is -2.44. The maximum atomic E-state index is 11.7. The molecule has 4 heterocycles. The molecule has 1 aromatic carbocycles. The van der Waals surface area contributed by atoms with Gasteiger partial charge < -0.3 is 5.32 Å². The fraction of sp³-hybridized carbons (Fsp3) is 0.346. The number of benzene rings is 1. The van der Waals surface area contributed by atoms with Crippen molar-refractivity contribution in [2.45, 2.75) is 50.1 Å². The van der Waals surface area contributed by atoms with Crippen molar-refractivity contribution < 1.29 is 4.79 Å². The third kappa shape index (κ3) is 3.89. The Morgan fingerprint density at radius 3 is 2.32 bits per heavy atom. The maximum Gasteiger partial charge on any atom is 0.220 e. The lowest BCUT2D eigenvalue weighted by molar-refractivity contribution is -0.120. The van der Waals surface area contributed by atoms with Crippen LogP contribution in [-0.4, -0.2) is 41.0 Å². The average Bonchev–Trinajstić information content (AvgIpc) is 3.61. The Morgan fingerprint density at radius 1 is 0.882 bits per heavy atom. The molecule has 0 unspecified atom stereocenters. The van der Waals surface area contributed by atoms with Crippen LogP contribution in [0, 0.1) is 0 Å². The van der Waals surface area contributed by atoms with Gasteiger partial charge in [-0.25, -0.2) is 9.97 Å². The largest absolute Gasteiger partial charge is 0.351 e. The molecule has 0 bridgehead atoms. The third-order valence-electron chi connectivity index (χ3n) is 7.27. The van der Waals surface area contributed by atoms with E-state index in [-0.39, 0.29) is 11.4 Å². The summed E-state index contributed by atoms with van der Waals surface area (Å²) in [6.45, 7) is 0. The van der Waals surface area contributed by atoms with Gasteiger partial charge in [-0.05, 0) is 43.7 Å². The van der Waals surface area contributed by atoms with E-state index in [4.69, 9.17) is 0 Å². The molecule has 4 aromatic rings. The minimum atomic E-state index is 0.0293. The van der Waals surface area contributed by atoms with E-state index in [1.165, 1.54) is 0 Å². The SMILES string of the molecule is Cn1cc(-c2cccc(-c3ncc(-c4cnn(C5CCC6(CCC(=O)N6)CC5)c4)cn3)c2)cn1. The van der Waals surface area contributed by atoms with Crippen LogP contribution in [0.25, 0.3) is 33.6 Å². The number of hydrogen-bond donors (Lipinski definition) is 1. The van der Waals surface area contributed by atoms with Gasteiger partial charge in [0.1, 0.15) is 0 Å². The summed E-state index contributed by atoms with van der Waals surface area (Å²) in [7, 11) is 1.91. The highest BCUT2D eigenvalue weighted by atomic mass is 16.2. The molecule has 2 fully saturated rings. The number of hydrogen-bond acceptors (Lipinski definition) is 5. The first-order valence-electron chi connectivity index (χ1n) is 11.8. The predicted molar refractivity (Wildman–Crippen MR) is 129 cm³/mol. The first-order valence-corrected chi connectivity index (χ1v) is 11.8. The highest BCUT2D eigenvalue weighted by molar-refractivity contribution is 5.79. The fourth-order valence-electron chi connectivity index (χ4n) is 5.29. The average molecular weight is 454 g/mol. The van der Waals surface area contributed by atoms with Crippen LogP contribution in [0.5, 0.6) is 0 Å². The number of aryl methyl sites for hydroxylation is 1. The second-order valence-electron chi connectivity index (χ2n) is 9.55. The van der Waals surface area contributed by atoms with Crippen molar-refractivity contribution in [1.82, 2.24) is 34.8 Å². The number of amides is 1. The van der Waals surface area contributed by atoms with Crippen LogP contribution in [0.15, 0.2) is 61.4 Å². The summed E-state index contributed by atoms with van der Waals surface area (Å²) in [5.74, 6) is 0.894. The molecule has 1 spiro atoms. The van der Waals surface area contributed by atoms with E-state index in [1.54, 1.807) is 4.68 Å². The number of rotatable bonds is 4. The van der Waals surface area contributed by atoms with E-state index in [0.29, 0.717) is 18.3 Å². The summed E-state index contributed by atoms with van der Waals surface area (Å²) in [4.78, 5) is 20.9. The van der Waals surface area contributed by atoms with E-state index in [2.05, 4.69) is 48.5 Å². The van der Waals surface area contributed by atoms with Crippen LogP contribution in [0.1, 0.15) is 44.6 Å². The van der Waals surface area contributed by atoms with E-state index < -0.39 is 0 Å². The maximum absolute atomic E-state index is 11.7. The zero-order valence-electron chi connectivity index (χ0n) is 19.2. The molecule has 1 N–H and O–H groups in total. The zero-order chi connectivity index (χ0) is 23.1.